The van der Waals surface area contributed by atoms with Gasteiger partial charge in [-0.2, -0.15) is 28.6 Å². The maximum absolute atomic E-state index is 14.5. The molecule has 6 heterocycles. The second-order valence-electron chi connectivity index (χ2n) is 10.7. The quantitative estimate of drug-likeness (QED) is 0.352. The molecule has 6 rings (SSSR count). The lowest BCUT2D eigenvalue weighted by molar-refractivity contribution is -0.143. The molecule has 15 heteroatoms. The van der Waals surface area contributed by atoms with Gasteiger partial charge >= 0.3 is 6.18 Å². The monoisotopic (exact) mass is 582 g/mol. The molecule has 2 saturated heterocycles. The third-order valence-electron chi connectivity index (χ3n) is 8.38. The number of nitrogens with zero attached hydrogens (tertiary/aromatic N) is 9. The van der Waals surface area contributed by atoms with E-state index in [0.717, 1.165) is 23.2 Å². The average molecular weight is 583 g/mol. The van der Waals surface area contributed by atoms with Crippen molar-refractivity contribution in [3.63, 3.8) is 0 Å². The third-order valence-corrected chi connectivity index (χ3v) is 8.38. The highest BCUT2D eigenvalue weighted by Crippen LogP contribution is 2.37. The number of halogens is 4. The lowest BCUT2D eigenvalue weighted by atomic mass is 9.83. The minimum absolute atomic E-state index is 0.158. The molecule has 11 nitrogen and oxygen atoms in total. The van der Waals surface area contributed by atoms with Crippen LogP contribution in [0.15, 0.2) is 37.2 Å². The molecule has 2 aliphatic heterocycles. The van der Waals surface area contributed by atoms with E-state index in [0.29, 0.717) is 63.2 Å². The summed E-state index contributed by atoms with van der Waals surface area (Å²) < 4.78 is 55.5. The Bertz CT molecular complexity index is 1640. The Morgan fingerprint density at radius 2 is 1.88 bits per heavy atom. The number of nitrogens with one attached hydrogen (secondary N) is 1. The van der Waals surface area contributed by atoms with E-state index in [4.69, 9.17) is 0 Å². The third kappa shape index (κ3) is 4.95. The van der Waals surface area contributed by atoms with Gasteiger partial charge in [-0.05, 0) is 31.7 Å². The van der Waals surface area contributed by atoms with Crippen molar-refractivity contribution in [2.24, 2.45) is 0 Å². The predicted molar refractivity (Wildman–Crippen MR) is 140 cm³/mol. The number of hydrogen-bond acceptors (Lipinski definition) is 8. The molecule has 0 aromatic carbocycles. The van der Waals surface area contributed by atoms with Crippen molar-refractivity contribution in [1.29, 1.82) is 5.26 Å². The molecule has 0 bridgehead atoms. The van der Waals surface area contributed by atoms with Gasteiger partial charge in [0, 0.05) is 50.2 Å². The molecule has 2 fully saturated rings. The number of nitriles is 1. The molecular weight excluding hydrogens is 556 g/mol. The van der Waals surface area contributed by atoms with Crippen LogP contribution in [0.2, 0.25) is 0 Å². The number of aromatic nitrogens is 7. The van der Waals surface area contributed by atoms with E-state index in [-0.39, 0.29) is 12.5 Å². The highest BCUT2D eigenvalue weighted by atomic mass is 19.4. The number of rotatable bonds is 5. The first-order chi connectivity index (χ1) is 20.2. The number of likely N-dealkylation sites (tertiary alicyclic amines) is 2. The van der Waals surface area contributed by atoms with E-state index in [1.807, 2.05) is 10.9 Å². The Morgan fingerprint density at radius 1 is 1.12 bits per heavy atom. The van der Waals surface area contributed by atoms with Crippen molar-refractivity contribution in [2.45, 2.75) is 49.9 Å². The van der Waals surface area contributed by atoms with E-state index in [1.54, 1.807) is 12.4 Å². The molecule has 0 unspecified atom stereocenters. The summed E-state index contributed by atoms with van der Waals surface area (Å²) in [5, 5.41) is 22.0. The molecular formula is C27H26F4N10O. The van der Waals surface area contributed by atoms with Crippen molar-refractivity contribution in [2.75, 3.05) is 26.2 Å². The fourth-order valence-corrected chi connectivity index (χ4v) is 6.05. The van der Waals surface area contributed by atoms with Crippen LogP contribution >= 0.6 is 0 Å². The maximum Gasteiger partial charge on any atom is 0.436 e. The molecule has 218 valence electrons. The van der Waals surface area contributed by atoms with E-state index >= 15 is 0 Å². The molecule has 2 aliphatic rings. The molecule has 4 aromatic rings. The molecule has 0 aliphatic carbocycles. The van der Waals surface area contributed by atoms with Gasteiger partial charge in [0.25, 0.3) is 5.91 Å². The second-order valence-corrected chi connectivity index (χ2v) is 10.7. The average Bonchev–Trinajstić information content (AvgIpc) is 3.68. The number of hydrogen-bond donors (Lipinski definition) is 1. The van der Waals surface area contributed by atoms with Crippen molar-refractivity contribution in [3.05, 3.63) is 54.3 Å². The number of amides is 1. The first kappa shape index (κ1) is 27.7. The summed E-state index contributed by atoms with van der Waals surface area (Å²) in [4.78, 5) is 28.3. The van der Waals surface area contributed by atoms with Crippen LogP contribution in [-0.2, 0) is 11.7 Å². The summed E-state index contributed by atoms with van der Waals surface area (Å²) in [6.07, 6.45) is 5.47. The summed E-state index contributed by atoms with van der Waals surface area (Å²) in [7, 11) is 0. The fraction of sp³-hybridized carbons (Fsp3) is 0.444. The largest absolute Gasteiger partial charge is 0.436 e. The van der Waals surface area contributed by atoms with Crippen LogP contribution in [0.3, 0.4) is 0 Å². The van der Waals surface area contributed by atoms with Crippen LogP contribution in [0.5, 0.6) is 0 Å². The van der Waals surface area contributed by atoms with Crippen molar-refractivity contribution in [1.82, 2.24) is 44.7 Å². The number of carbonyl (C=O) groups excluding carboxylic acids is 1. The lowest BCUT2D eigenvalue weighted by Crippen LogP contribution is -2.53. The van der Waals surface area contributed by atoms with Crippen molar-refractivity contribution >= 4 is 16.9 Å². The van der Waals surface area contributed by atoms with E-state index in [9.17, 15) is 27.6 Å². The topological polar surface area (TPSA) is 133 Å². The van der Waals surface area contributed by atoms with Gasteiger partial charge in [-0.3, -0.25) is 14.6 Å². The Hall–Kier alpha value is -4.45. The van der Waals surface area contributed by atoms with E-state index < -0.39 is 34.7 Å². The highest BCUT2D eigenvalue weighted by Gasteiger charge is 2.41. The number of alkyl halides is 3. The molecule has 0 saturated carbocycles. The number of carbonyl (C=O) groups is 1. The number of piperidine rings is 2. The van der Waals surface area contributed by atoms with Crippen LogP contribution in [0.1, 0.15) is 48.2 Å². The van der Waals surface area contributed by atoms with Crippen LogP contribution in [0, 0.1) is 17.1 Å². The van der Waals surface area contributed by atoms with Gasteiger partial charge in [0.05, 0.1) is 47.1 Å². The first-order valence-corrected chi connectivity index (χ1v) is 13.5. The molecule has 4 aromatic heterocycles. The van der Waals surface area contributed by atoms with Gasteiger partial charge in [0.1, 0.15) is 6.33 Å². The number of pyridine rings is 1. The Labute approximate surface area is 237 Å². The van der Waals surface area contributed by atoms with Crippen molar-refractivity contribution < 1.29 is 22.4 Å². The molecule has 1 N–H and O–H groups in total. The minimum atomic E-state index is -4.98. The lowest BCUT2D eigenvalue weighted by Gasteiger charge is -2.45. The zero-order valence-corrected chi connectivity index (χ0v) is 22.4. The van der Waals surface area contributed by atoms with E-state index in [1.165, 1.54) is 11.2 Å². The summed E-state index contributed by atoms with van der Waals surface area (Å²) in [6.45, 7) is 2.03. The Balaban J connectivity index is 1.10. The summed E-state index contributed by atoms with van der Waals surface area (Å²) in [6, 6.07) is 3.47. The predicted octanol–water partition coefficient (Wildman–Crippen LogP) is 3.78. The Morgan fingerprint density at radius 3 is 2.60 bits per heavy atom. The van der Waals surface area contributed by atoms with E-state index in [2.05, 4.69) is 41.2 Å². The minimum Gasteiger partial charge on any atom is -0.338 e. The van der Waals surface area contributed by atoms with Gasteiger partial charge in [-0.15, -0.1) is 0 Å². The molecule has 0 spiro atoms. The van der Waals surface area contributed by atoms with Crippen LogP contribution < -0.4 is 0 Å². The number of fused-ring (bicyclic) bond motifs is 1. The van der Waals surface area contributed by atoms with Gasteiger partial charge < -0.3 is 9.80 Å². The zero-order valence-electron chi connectivity index (χ0n) is 22.4. The fourth-order valence-electron chi connectivity index (χ4n) is 6.05. The SMILES string of the molecule is N#CCC1(n2cc(-c3ncnc4[nH]ncc34)cn2)CCN(C2CCN(C(=O)c3ccnc(C(F)(F)F)c3F)CC2)CC1. The smallest absolute Gasteiger partial charge is 0.338 e. The number of H-pyrrole nitrogens is 1. The van der Waals surface area contributed by atoms with Gasteiger partial charge in [-0.1, -0.05) is 0 Å². The van der Waals surface area contributed by atoms with Crippen molar-refractivity contribution in [3.8, 4) is 17.3 Å². The molecule has 0 radical (unpaired) electrons. The van der Waals surface area contributed by atoms with Crippen LogP contribution in [-0.4, -0.2) is 82.9 Å². The van der Waals surface area contributed by atoms with Crippen LogP contribution in [0.4, 0.5) is 17.6 Å². The highest BCUT2D eigenvalue weighted by molar-refractivity contribution is 5.94. The first-order valence-electron chi connectivity index (χ1n) is 13.5. The molecule has 0 atom stereocenters. The maximum atomic E-state index is 14.5. The zero-order chi connectivity index (χ0) is 29.5. The summed E-state index contributed by atoms with van der Waals surface area (Å²) in [5.74, 6) is -2.41. The normalized spacial score (nSPS) is 18.3. The molecule has 1 amide bonds. The summed E-state index contributed by atoms with van der Waals surface area (Å²) in [5.41, 5.74) is -0.673. The second kappa shape index (κ2) is 10.8. The summed E-state index contributed by atoms with van der Waals surface area (Å²) >= 11 is 0. The van der Waals surface area contributed by atoms with Gasteiger partial charge in [0.2, 0.25) is 0 Å². The standard InChI is InChI=1S/C27H26F4N10O/c28-21-19(1-8-33-23(21)27(29,30)31)25(42)40-9-2-18(3-10-40)39-11-5-26(4-7-32,6-12-39)41-15-17(13-37-41)22-20-14-36-38-24(20)35-16-34-22/h1,8,13-16,18H,2-6,9-12H2,(H,34,35,36,38). The van der Waals surface area contributed by atoms with Crippen LogP contribution in [0.25, 0.3) is 22.3 Å². The molecule has 42 heavy (non-hydrogen) atoms. The number of aromatic amines is 1. The van der Waals surface area contributed by atoms with Gasteiger partial charge in [-0.25, -0.2) is 19.3 Å². The Kier molecular flexibility index (Phi) is 7.09. The van der Waals surface area contributed by atoms with Gasteiger partial charge in [0.15, 0.2) is 17.2 Å².